The SMILES string of the molecule is CCC(c1ccc(F)cc1)N(Cc1cccc(F)c1)C(=O)CCn1nc(C)cc1C. The van der Waals surface area contributed by atoms with E-state index >= 15 is 0 Å². The van der Waals surface area contributed by atoms with Gasteiger partial charge in [-0.2, -0.15) is 5.10 Å². The van der Waals surface area contributed by atoms with E-state index in [-0.39, 0.29) is 36.5 Å². The maximum Gasteiger partial charge on any atom is 0.225 e. The number of aryl methyl sites for hydroxylation is 3. The molecular weight excluding hydrogens is 384 g/mol. The van der Waals surface area contributed by atoms with Crippen LogP contribution in [0.3, 0.4) is 0 Å². The standard InChI is InChI=1S/C24H27F2N3O/c1-4-23(20-8-10-21(25)11-9-20)28(16-19-6-5-7-22(26)15-19)24(30)12-13-29-18(3)14-17(2)27-29/h5-11,14-15,23H,4,12-13,16H2,1-3H3. The first-order chi connectivity index (χ1) is 14.4. The van der Waals surface area contributed by atoms with Crippen molar-refractivity contribution in [2.24, 2.45) is 0 Å². The van der Waals surface area contributed by atoms with Gasteiger partial charge in [0, 0.05) is 25.2 Å². The minimum atomic E-state index is -0.336. The number of hydrogen-bond acceptors (Lipinski definition) is 2. The van der Waals surface area contributed by atoms with Gasteiger partial charge in [0.1, 0.15) is 11.6 Å². The minimum Gasteiger partial charge on any atom is -0.331 e. The summed E-state index contributed by atoms with van der Waals surface area (Å²) in [7, 11) is 0. The van der Waals surface area contributed by atoms with Crippen molar-refractivity contribution in [2.45, 2.75) is 52.7 Å². The highest BCUT2D eigenvalue weighted by Crippen LogP contribution is 2.27. The Bertz CT molecular complexity index is 998. The second kappa shape index (κ2) is 9.65. The number of carbonyl (C=O) groups excluding carboxylic acids is 1. The predicted octanol–water partition coefficient (Wildman–Crippen LogP) is 5.35. The lowest BCUT2D eigenvalue weighted by Gasteiger charge is -2.32. The average molecular weight is 411 g/mol. The normalized spacial score (nSPS) is 12.0. The zero-order valence-corrected chi connectivity index (χ0v) is 17.6. The molecule has 0 saturated carbocycles. The maximum atomic E-state index is 13.7. The molecule has 0 spiro atoms. The molecule has 1 amide bonds. The fraction of sp³-hybridized carbons (Fsp3) is 0.333. The molecule has 1 heterocycles. The van der Waals surface area contributed by atoms with Crippen LogP contribution in [0.2, 0.25) is 0 Å². The quantitative estimate of drug-likeness (QED) is 0.501. The van der Waals surface area contributed by atoms with Gasteiger partial charge in [-0.25, -0.2) is 8.78 Å². The number of halogens is 2. The fourth-order valence-electron chi connectivity index (χ4n) is 3.77. The molecular formula is C24H27F2N3O. The van der Waals surface area contributed by atoms with E-state index in [9.17, 15) is 13.6 Å². The molecule has 0 bridgehead atoms. The number of nitrogens with zero attached hydrogens (tertiary/aromatic N) is 3. The Hall–Kier alpha value is -3.02. The lowest BCUT2D eigenvalue weighted by molar-refractivity contribution is -0.134. The van der Waals surface area contributed by atoms with Crippen LogP contribution >= 0.6 is 0 Å². The number of hydrogen-bond donors (Lipinski definition) is 0. The molecule has 1 aromatic heterocycles. The van der Waals surface area contributed by atoms with Gasteiger partial charge in [-0.3, -0.25) is 9.48 Å². The molecule has 30 heavy (non-hydrogen) atoms. The van der Waals surface area contributed by atoms with Crippen LogP contribution in [0.5, 0.6) is 0 Å². The van der Waals surface area contributed by atoms with Gasteiger partial charge in [-0.15, -0.1) is 0 Å². The first kappa shape index (κ1) is 21.7. The maximum absolute atomic E-state index is 13.7. The first-order valence-corrected chi connectivity index (χ1v) is 10.2. The Morgan fingerprint density at radius 2 is 1.80 bits per heavy atom. The predicted molar refractivity (Wildman–Crippen MR) is 113 cm³/mol. The number of benzene rings is 2. The molecule has 1 atom stereocenters. The highest BCUT2D eigenvalue weighted by Gasteiger charge is 2.24. The van der Waals surface area contributed by atoms with E-state index < -0.39 is 0 Å². The average Bonchev–Trinajstić information content (AvgIpc) is 3.04. The number of rotatable bonds is 8. The van der Waals surface area contributed by atoms with Crippen molar-refractivity contribution in [3.8, 4) is 0 Å². The fourth-order valence-corrected chi connectivity index (χ4v) is 3.77. The molecule has 3 aromatic rings. The van der Waals surface area contributed by atoms with Gasteiger partial charge in [-0.05, 0) is 61.7 Å². The van der Waals surface area contributed by atoms with Crippen molar-refractivity contribution < 1.29 is 13.6 Å². The third-order valence-electron chi connectivity index (χ3n) is 5.22. The van der Waals surface area contributed by atoms with E-state index in [1.54, 1.807) is 23.1 Å². The van der Waals surface area contributed by atoms with Gasteiger partial charge >= 0.3 is 0 Å². The van der Waals surface area contributed by atoms with Crippen LogP contribution < -0.4 is 0 Å². The molecule has 0 saturated heterocycles. The Balaban J connectivity index is 1.86. The van der Waals surface area contributed by atoms with E-state index in [0.29, 0.717) is 13.0 Å². The van der Waals surface area contributed by atoms with Gasteiger partial charge in [0.25, 0.3) is 0 Å². The van der Waals surface area contributed by atoms with E-state index in [1.807, 2.05) is 37.6 Å². The van der Waals surface area contributed by atoms with E-state index in [1.165, 1.54) is 24.3 Å². The van der Waals surface area contributed by atoms with E-state index in [4.69, 9.17) is 0 Å². The van der Waals surface area contributed by atoms with Crippen LogP contribution in [0.4, 0.5) is 8.78 Å². The summed E-state index contributed by atoms with van der Waals surface area (Å²) in [4.78, 5) is 15.0. The molecule has 0 aliphatic rings. The summed E-state index contributed by atoms with van der Waals surface area (Å²) in [5.74, 6) is -0.707. The third-order valence-corrected chi connectivity index (χ3v) is 5.22. The summed E-state index contributed by atoms with van der Waals surface area (Å²) in [6.07, 6.45) is 0.932. The second-order valence-corrected chi connectivity index (χ2v) is 7.53. The molecule has 6 heteroatoms. The van der Waals surface area contributed by atoms with Gasteiger partial charge in [-0.1, -0.05) is 31.2 Å². The van der Waals surface area contributed by atoms with Crippen molar-refractivity contribution in [1.82, 2.24) is 14.7 Å². The summed E-state index contributed by atoms with van der Waals surface area (Å²) in [6, 6.07) is 14.2. The van der Waals surface area contributed by atoms with Crippen molar-refractivity contribution in [1.29, 1.82) is 0 Å². The topological polar surface area (TPSA) is 38.1 Å². The molecule has 0 N–H and O–H groups in total. The zero-order chi connectivity index (χ0) is 21.7. The first-order valence-electron chi connectivity index (χ1n) is 10.2. The Morgan fingerprint density at radius 1 is 1.07 bits per heavy atom. The number of aromatic nitrogens is 2. The van der Waals surface area contributed by atoms with Gasteiger partial charge < -0.3 is 4.90 Å². The van der Waals surface area contributed by atoms with Crippen molar-refractivity contribution in [3.05, 3.63) is 88.7 Å². The van der Waals surface area contributed by atoms with Gasteiger partial charge in [0.05, 0.1) is 11.7 Å². The Morgan fingerprint density at radius 3 is 2.40 bits per heavy atom. The highest BCUT2D eigenvalue weighted by molar-refractivity contribution is 5.76. The number of amides is 1. The van der Waals surface area contributed by atoms with Crippen molar-refractivity contribution >= 4 is 5.91 Å². The van der Waals surface area contributed by atoms with Crippen LogP contribution in [0.1, 0.15) is 48.3 Å². The summed E-state index contributed by atoms with van der Waals surface area (Å²) in [5.41, 5.74) is 3.49. The lowest BCUT2D eigenvalue weighted by Crippen LogP contribution is -2.35. The van der Waals surface area contributed by atoms with Crippen LogP contribution in [0.15, 0.2) is 54.6 Å². The zero-order valence-electron chi connectivity index (χ0n) is 17.6. The van der Waals surface area contributed by atoms with E-state index in [2.05, 4.69) is 5.10 Å². The summed E-state index contributed by atoms with van der Waals surface area (Å²) >= 11 is 0. The van der Waals surface area contributed by atoms with E-state index in [0.717, 1.165) is 22.5 Å². The second-order valence-electron chi connectivity index (χ2n) is 7.53. The summed E-state index contributed by atoms with van der Waals surface area (Å²) < 4.78 is 29.0. The molecule has 158 valence electrons. The summed E-state index contributed by atoms with van der Waals surface area (Å²) in [5, 5.41) is 4.42. The molecule has 0 fully saturated rings. The molecule has 3 rings (SSSR count). The molecule has 2 aromatic carbocycles. The minimum absolute atomic E-state index is 0.0528. The molecule has 0 radical (unpaired) electrons. The molecule has 0 aliphatic heterocycles. The van der Waals surface area contributed by atoms with Gasteiger partial charge in [0.15, 0.2) is 0 Å². The lowest BCUT2D eigenvalue weighted by atomic mass is 10.0. The van der Waals surface area contributed by atoms with Gasteiger partial charge in [0.2, 0.25) is 5.91 Å². The van der Waals surface area contributed by atoms with Crippen LogP contribution in [0, 0.1) is 25.5 Å². The Kier molecular flexibility index (Phi) is 6.98. The Labute approximate surface area is 176 Å². The monoisotopic (exact) mass is 411 g/mol. The van der Waals surface area contributed by atoms with Crippen molar-refractivity contribution in [2.75, 3.05) is 0 Å². The smallest absolute Gasteiger partial charge is 0.225 e. The largest absolute Gasteiger partial charge is 0.331 e. The molecule has 1 unspecified atom stereocenters. The third kappa shape index (κ3) is 5.32. The van der Waals surface area contributed by atoms with Crippen LogP contribution in [-0.4, -0.2) is 20.6 Å². The van der Waals surface area contributed by atoms with Crippen LogP contribution in [-0.2, 0) is 17.9 Å². The highest BCUT2D eigenvalue weighted by atomic mass is 19.1. The molecule has 4 nitrogen and oxygen atoms in total. The number of carbonyl (C=O) groups is 1. The van der Waals surface area contributed by atoms with Crippen molar-refractivity contribution in [3.63, 3.8) is 0 Å². The van der Waals surface area contributed by atoms with Crippen LogP contribution in [0.25, 0.3) is 0 Å². The molecule has 0 aliphatic carbocycles. The summed E-state index contributed by atoms with van der Waals surface area (Å²) in [6.45, 7) is 6.62.